The van der Waals surface area contributed by atoms with Gasteiger partial charge in [0.05, 0.1) is 17.1 Å². The van der Waals surface area contributed by atoms with Crippen LogP contribution in [0.2, 0.25) is 5.02 Å². The van der Waals surface area contributed by atoms with Crippen LogP contribution in [0.3, 0.4) is 0 Å². The second-order valence-corrected chi connectivity index (χ2v) is 4.71. The van der Waals surface area contributed by atoms with E-state index in [-0.39, 0.29) is 24.1 Å². The maximum atomic E-state index is 12.2. The number of amides is 2. The molecule has 1 heterocycles. The van der Waals surface area contributed by atoms with Crippen LogP contribution in [0.4, 0.5) is 0 Å². The van der Waals surface area contributed by atoms with Crippen molar-refractivity contribution in [3.63, 3.8) is 0 Å². The summed E-state index contributed by atoms with van der Waals surface area (Å²) in [5, 5.41) is 0.322. The van der Waals surface area contributed by atoms with Crippen LogP contribution in [0.1, 0.15) is 29.9 Å². The van der Waals surface area contributed by atoms with Crippen molar-refractivity contribution in [3.05, 3.63) is 28.5 Å². The first kappa shape index (κ1) is 14.4. The van der Waals surface area contributed by atoms with Crippen LogP contribution in [0, 0.1) is 6.92 Å². The van der Waals surface area contributed by atoms with Gasteiger partial charge in [0, 0.05) is 17.9 Å². The number of carbonyl (C=O) groups is 2. The Hall–Kier alpha value is -1.62. The van der Waals surface area contributed by atoms with Gasteiger partial charge in [0.2, 0.25) is 5.91 Å². The van der Waals surface area contributed by atoms with Crippen LogP contribution in [0.25, 0.3) is 0 Å². The van der Waals surface area contributed by atoms with Gasteiger partial charge in [0.1, 0.15) is 0 Å². The van der Waals surface area contributed by atoms with Crippen molar-refractivity contribution in [2.24, 2.45) is 5.73 Å². The predicted octanol–water partition coefficient (Wildman–Crippen LogP) is 1.38. The lowest BCUT2D eigenvalue weighted by Crippen LogP contribution is -2.42. The van der Waals surface area contributed by atoms with Gasteiger partial charge >= 0.3 is 0 Å². The van der Waals surface area contributed by atoms with E-state index < -0.39 is 5.91 Å². The molecule has 0 saturated carbocycles. The smallest absolute Gasteiger partial charge is 0.257 e. The minimum atomic E-state index is -0.562. The first-order valence-corrected chi connectivity index (χ1v) is 5.92. The summed E-state index contributed by atoms with van der Waals surface area (Å²) in [7, 11) is 0. The molecule has 1 rings (SSSR count). The highest BCUT2D eigenvalue weighted by molar-refractivity contribution is 6.33. The van der Waals surface area contributed by atoms with Crippen LogP contribution >= 0.6 is 11.6 Å². The zero-order valence-electron chi connectivity index (χ0n) is 10.6. The van der Waals surface area contributed by atoms with Gasteiger partial charge in [-0.1, -0.05) is 11.6 Å². The first-order chi connectivity index (χ1) is 8.32. The van der Waals surface area contributed by atoms with Gasteiger partial charge in [-0.05, 0) is 26.8 Å². The van der Waals surface area contributed by atoms with Crippen LogP contribution in [-0.4, -0.2) is 34.3 Å². The number of hydrogen-bond acceptors (Lipinski definition) is 3. The Morgan fingerprint density at radius 1 is 1.50 bits per heavy atom. The fourth-order valence-electron chi connectivity index (χ4n) is 1.50. The monoisotopic (exact) mass is 269 g/mol. The van der Waals surface area contributed by atoms with Crippen molar-refractivity contribution in [1.29, 1.82) is 0 Å². The number of aryl methyl sites for hydroxylation is 1. The summed E-state index contributed by atoms with van der Waals surface area (Å²) in [5.74, 6) is -0.908. The van der Waals surface area contributed by atoms with Gasteiger partial charge in [-0.3, -0.25) is 14.6 Å². The third-order valence-electron chi connectivity index (χ3n) is 2.43. The number of halogens is 1. The minimum Gasteiger partial charge on any atom is -0.368 e. The van der Waals surface area contributed by atoms with Crippen LogP contribution in [0.5, 0.6) is 0 Å². The van der Waals surface area contributed by atoms with Gasteiger partial charge in [-0.15, -0.1) is 0 Å². The summed E-state index contributed by atoms with van der Waals surface area (Å²) in [4.78, 5) is 28.6. The van der Waals surface area contributed by atoms with E-state index in [2.05, 4.69) is 4.98 Å². The Balaban J connectivity index is 3.05. The molecular formula is C12H16ClN3O2. The lowest BCUT2D eigenvalue weighted by molar-refractivity contribution is -0.119. The van der Waals surface area contributed by atoms with Crippen LogP contribution in [0.15, 0.2) is 12.3 Å². The first-order valence-electron chi connectivity index (χ1n) is 5.54. The van der Waals surface area contributed by atoms with E-state index in [0.29, 0.717) is 5.02 Å². The molecule has 5 nitrogen and oxygen atoms in total. The van der Waals surface area contributed by atoms with Gasteiger partial charge in [-0.2, -0.15) is 0 Å². The molecule has 1 aromatic rings. The number of rotatable bonds is 4. The molecule has 0 aliphatic carbocycles. The van der Waals surface area contributed by atoms with Gasteiger partial charge in [0.25, 0.3) is 5.91 Å². The minimum absolute atomic E-state index is 0.138. The van der Waals surface area contributed by atoms with Crippen molar-refractivity contribution < 1.29 is 9.59 Å². The molecule has 0 aliphatic heterocycles. The molecule has 0 atom stereocenters. The molecule has 18 heavy (non-hydrogen) atoms. The third-order valence-corrected chi connectivity index (χ3v) is 2.74. The number of pyridine rings is 1. The van der Waals surface area contributed by atoms with Crippen molar-refractivity contribution in [3.8, 4) is 0 Å². The quantitative estimate of drug-likeness (QED) is 0.897. The van der Waals surface area contributed by atoms with Crippen molar-refractivity contribution in [2.75, 3.05) is 6.54 Å². The number of hydrogen-bond donors (Lipinski definition) is 1. The maximum Gasteiger partial charge on any atom is 0.257 e. The molecule has 0 unspecified atom stereocenters. The van der Waals surface area contributed by atoms with Crippen molar-refractivity contribution >= 4 is 23.4 Å². The molecule has 0 saturated heterocycles. The lowest BCUT2D eigenvalue weighted by Gasteiger charge is -2.25. The van der Waals surface area contributed by atoms with Crippen LogP contribution in [-0.2, 0) is 4.79 Å². The van der Waals surface area contributed by atoms with E-state index in [1.54, 1.807) is 26.8 Å². The second-order valence-electron chi connectivity index (χ2n) is 4.30. The molecule has 0 radical (unpaired) electrons. The van der Waals surface area contributed by atoms with Crippen molar-refractivity contribution in [2.45, 2.75) is 26.8 Å². The topological polar surface area (TPSA) is 76.3 Å². The molecule has 0 spiro atoms. The summed E-state index contributed by atoms with van der Waals surface area (Å²) >= 11 is 6.01. The number of nitrogens with zero attached hydrogens (tertiary/aromatic N) is 2. The summed E-state index contributed by atoms with van der Waals surface area (Å²) in [6.45, 7) is 5.25. The molecule has 2 amide bonds. The molecule has 2 N–H and O–H groups in total. The Labute approximate surface area is 111 Å². The summed E-state index contributed by atoms with van der Waals surface area (Å²) in [5.41, 5.74) is 6.13. The molecular weight excluding hydrogens is 254 g/mol. The highest BCUT2D eigenvalue weighted by Gasteiger charge is 2.22. The third kappa shape index (κ3) is 3.43. The highest BCUT2D eigenvalue weighted by Crippen LogP contribution is 2.18. The Bertz CT molecular complexity index is 474. The SMILES string of the molecule is Cc1cc(Cl)c(C(=O)N(CC(N)=O)C(C)C)cn1. The van der Waals surface area contributed by atoms with E-state index in [1.807, 2.05) is 0 Å². The van der Waals surface area contributed by atoms with Crippen LogP contribution < -0.4 is 5.73 Å². The normalized spacial score (nSPS) is 10.5. The number of aromatic nitrogens is 1. The summed E-state index contributed by atoms with van der Waals surface area (Å²) in [6.07, 6.45) is 1.41. The molecule has 0 fully saturated rings. The zero-order chi connectivity index (χ0) is 13.9. The molecule has 0 aromatic carbocycles. The predicted molar refractivity (Wildman–Crippen MR) is 69.4 cm³/mol. The fourth-order valence-corrected chi connectivity index (χ4v) is 1.78. The van der Waals surface area contributed by atoms with E-state index >= 15 is 0 Å². The molecule has 1 aromatic heterocycles. The highest BCUT2D eigenvalue weighted by atomic mass is 35.5. The molecule has 0 bridgehead atoms. The summed E-state index contributed by atoms with van der Waals surface area (Å²) in [6, 6.07) is 1.46. The van der Waals surface area contributed by atoms with Gasteiger partial charge in [0.15, 0.2) is 0 Å². The average Bonchev–Trinajstić information content (AvgIpc) is 2.24. The molecule has 6 heteroatoms. The van der Waals surface area contributed by atoms with E-state index in [1.165, 1.54) is 11.1 Å². The lowest BCUT2D eigenvalue weighted by atomic mass is 10.2. The summed E-state index contributed by atoms with van der Waals surface area (Å²) < 4.78 is 0. The average molecular weight is 270 g/mol. The Kier molecular flexibility index (Phi) is 4.67. The van der Waals surface area contributed by atoms with E-state index in [9.17, 15) is 9.59 Å². The Morgan fingerprint density at radius 3 is 2.56 bits per heavy atom. The molecule has 0 aliphatic rings. The number of primary amides is 1. The Morgan fingerprint density at radius 2 is 2.11 bits per heavy atom. The van der Waals surface area contributed by atoms with Gasteiger partial charge in [-0.25, -0.2) is 0 Å². The zero-order valence-corrected chi connectivity index (χ0v) is 11.4. The molecule has 98 valence electrons. The largest absolute Gasteiger partial charge is 0.368 e. The maximum absolute atomic E-state index is 12.2. The number of carbonyl (C=O) groups excluding carboxylic acids is 2. The number of nitrogens with two attached hydrogens (primary N) is 1. The fraction of sp³-hybridized carbons (Fsp3) is 0.417. The van der Waals surface area contributed by atoms with Gasteiger partial charge < -0.3 is 10.6 Å². The standard InChI is InChI=1S/C12H16ClN3O2/c1-7(2)16(6-11(14)17)12(18)9-5-15-8(3)4-10(9)13/h4-5,7H,6H2,1-3H3,(H2,14,17). The van der Waals surface area contributed by atoms with E-state index in [4.69, 9.17) is 17.3 Å². The second kappa shape index (κ2) is 5.82. The van der Waals surface area contributed by atoms with E-state index in [0.717, 1.165) is 5.69 Å². The van der Waals surface area contributed by atoms with Crippen molar-refractivity contribution in [1.82, 2.24) is 9.88 Å².